The van der Waals surface area contributed by atoms with Crippen LogP contribution in [0.2, 0.25) is 0 Å². The molecule has 0 fully saturated rings. The van der Waals surface area contributed by atoms with Gasteiger partial charge in [-0.25, -0.2) is 4.98 Å². The lowest BCUT2D eigenvalue weighted by atomic mass is 10.00. The van der Waals surface area contributed by atoms with Crippen molar-refractivity contribution < 1.29 is 0 Å². The zero-order chi connectivity index (χ0) is 20.2. The summed E-state index contributed by atoms with van der Waals surface area (Å²) in [7, 11) is 0. The molecule has 6 aromatic rings. The lowest BCUT2D eigenvalue weighted by molar-refractivity contribution is 1.11. The highest BCUT2D eigenvalue weighted by Crippen LogP contribution is 2.40. The van der Waals surface area contributed by atoms with E-state index in [0.29, 0.717) is 0 Å². The number of thiophene rings is 1. The summed E-state index contributed by atoms with van der Waals surface area (Å²) in [5.41, 5.74) is 4.41. The first-order valence-corrected chi connectivity index (χ1v) is 12.0. The van der Waals surface area contributed by atoms with Gasteiger partial charge in [0, 0.05) is 36.3 Å². The van der Waals surface area contributed by atoms with Crippen molar-refractivity contribution in [3.63, 3.8) is 0 Å². The van der Waals surface area contributed by atoms with Crippen LogP contribution in [0.25, 0.3) is 49.7 Å². The minimum absolute atomic E-state index is 0.970. The van der Waals surface area contributed by atoms with Gasteiger partial charge in [0.05, 0.1) is 11.0 Å². The molecule has 0 N–H and O–H groups in total. The molecule has 2 aromatic heterocycles. The summed E-state index contributed by atoms with van der Waals surface area (Å²) in [6.07, 6.45) is 0. The second-order valence-corrected chi connectivity index (χ2v) is 9.81. The second-order valence-electron chi connectivity index (χ2n) is 7.20. The summed E-state index contributed by atoms with van der Waals surface area (Å²) >= 11 is 9.01. The van der Waals surface area contributed by atoms with E-state index >= 15 is 0 Å². The summed E-state index contributed by atoms with van der Waals surface area (Å²) in [4.78, 5) is 5.20. The fourth-order valence-corrected chi connectivity index (χ4v) is 5.52. The Balaban J connectivity index is 1.90. The van der Waals surface area contributed by atoms with E-state index in [1.165, 1.54) is 16.2 Å². The highest BCUT2D eigenvalue weighted by atomic mass is 79.9. The van der Waals surface area contributed by atoms with E-state index in [2.05, 4.69) is 120 Å². The number of imidazole rings is 1. The van der Waals surface area contributed by atoms with Crippen LogP contribution in [0, 0.1) is 0 Å². The summed E-state index contributed by atoms with van der Waals surface area (Å²) in [6, 6.07) is 25.6. The molecule has 2 heterocycles. The number of hydrogen-bond donors (Lipinski definition) is 0. The SMILES string of the molecule is Brc1ccc2c(c1)c1cc(Br)ccc1c1c2nc(-c2ccsc2)n1-c1ccccc1. The van der Waals surface area contributed by atoms with Crippen molar-refractivity contribution in [2.24, 2.45) is 0 Å². The van der Waals surface area contributed by atoms with Crippen molar-refractivity contribution in [1.29, 1.82) is 0 Å². The lowest BCUT2D eigenvalue weighted by Crippen LogP contribution is -1.97. The van der Waals surface area contributed by atoms with Crippen LogP contribution in [0.4, 0.5) is 0 Å². The van der Waals surface area contributed by atoms with E-state index in [9.17, 15) is 0 Å². The molecule has 144 valence electrons. The largest absolute Gasteiger partial charge is 0.292 e. The van der Waals surface area contributed by atoms with Crippen LogP contribution in [-0.4, -0.2) is 9.55 Å². The molecule has 0 spiro atoms. The Morgan fingerprint density at radius 1 is 0.733 bits per heavy atom. The molecular weight excluding hydrogens is 520 g/mol. The van der Waals surface area contributed by atoms with Gasteiger partial charge in [0.15, 0.2) is 0 Å². The Morgan fingerprint density at radius 3 is 2.13 bits per heavy atom. The van der Waals surface area contributed by atoms with Gasteiger partial charge < -0.3 is 0 Å². The molecule has 0 atom stereocenters. The molecule has 0 bridgehead atoms. The Kier molecular flexibility index (Phi) is 4.30. The van der Waals surface area contributed by atoms with Crippen LogP contribution in [0.5, 0.6) is 0 Å². The number of aromatic nitrogens is 2. The predicted molar refractivity (Wildman–Crippen MR) is 135 cm³/mol. The first-order valence-electron chi connectivity index (χ1n) is 9.51. The van der Waals surface area contributed by atoms with Crippen molar-refractivity contribution in [1.82, 2.24) is 9.55 Å². The molecule has 0 amide bonds. The minimum Gasteiger partial charge on any atom is -0.292 e. The third-order valence-electron chi connectivity index (χ3n) is 5.43. The zero-order valence-electron chi connectivity index (χ0n) is 15.6. The topological polar surface area (TPSA) is 17.8 Å². The number of halogens is 2. The van der Waals surface area contributed by atoms with Crippen molar-refractivity contribution in [3.8, 4) is 17.1 Å². The van der Waals surface area contributed by atoms with Crippen molar-refractivity contribution in [3.05, 3.63) is 92.5 Å². The minimum atomic E-state index is 0.970. The molecular formula is C25H14Br2N2S. The number of benzene rings is 4. The summed E-state index contributed by atoms with van der Waals surface area (Å²) < 4.78 is 4.44. The van der Waals surface area contributed by atoms with E-state index in [0.717, 1.165) is 42.4 Å². The van der Waals surface area contributed by atoms with Crippen LogP contribution < -0.4 is 0 Å². The first kappa shape index (κ1) is 18.3. The van der Waals surface area contributed by atoms with Gasteiger partial charge in [0.2, 0.25) is 0 Å². The molecule has 0 radical (unpaired) electrons. The standard InChI is InChI=1S/C25H14Br2N2S/c26-16-6-8-19-21(12-16)22-13-17(27)7-9-20(22)24-23(19)28-25(15-10-11-30-14-15)29(24)18-4-2-1-3-5-18/h1-14H. The predicted octanol–water partition coefficient (Wildman–Crippen LogP) is 8.59. The summed E-state index contributed by atoms with van der Waals surface area (Å²) in [6.45, 7) is 0. The maximum absolute atomic E-state index is 5.20. The van der Waals surface area contributed by atoms with Crippen molar-refractivity contribution in [2.75, 3.05) is 0 Å². The van der Waals surface area contributed by atoms with Gasteiger partial charge >= 0.3 is 0 Å². The molecule has 2 nitrogen and oxygen atoms in total. The second kappa shape index (κ2) is 7.05. The summed E-state index contributed by atoms with van der Waals surface area (Å²) in [5.74, 6) is 0.970. The number of nitrogens with zero attached hydrogens (tertiary/aromatic N) is 2. The van der Waals surface area contributed by atoms with Gasteiger partial charge in [-0.2, -0.15) is 11.3 Å². The van der Waals surface area contributed by atoms with Crippen molar-refractivity contribution >= 4 is 75.8 Å². The molecule has 5 heteroatoms. The average Bonchev–Trinajstić information content (AvgIpc) is 3.42. The molecule has 0 unspecified atom stereocenters. The van der Waals surface area contributed by atoms with E-state index in [-0.39, 0.29) is 0 Å². The molecule has 6 rings (SSSR count). The van der Waals surface area contributed by atoms with Gasteiger partial charge in [-0.05, 0) is 58.6 Å². The van der Waals surface area contributed by atoms with Crippen LogP contribution in [-0.2, 0) is 0 Å². The molecule has 0 saturated heterocycles. The monoisotopic (exact) mass is 532 g/mol. The maximum atomic E-state index is 5.20. The van der Waals surface area contributed by atoms with Crippen LogP contribution >= 0.6 is 43.2 Å². The lowest BCUT2D eigenvalue weighted by Gasteiger charge is -2.12. The molecule has 0 aliphatic heterocycles. The third kappa shape index (κ3) is 2.77. The molecule has 0 saturated carbocycles. The van der Waals surface area contributed by atoms with Gasteiger partial charge in [0.25, 0.3) is 0 Å². The van der Waals surface area contributed by atoms with Crippen LogP contribution in [0.3, 0.4) is 0 Å². The average molecular weight is 534 g/mol. The highest BCUT2D eigenvalue weighted by Gasteiger charge is 2.20. The Hall–Kier alpha value is -2.47. The fourth-order valence-electron chi connectivity index (χ4n) is 4.16. The summed E-state index contributed by atoms with van der Waals surface area (Å²) in [5, 5.41) is 9.03. The Labute approximate surface area is 194 Å². The normalized spacial score (nSPS) is 11.7. The van der Waals surface area contributed by atoms with Crippen LogP contribution in [0.1, 0.15) is 0 Å². The molecule has 30 heavy (non-hydrogen) atoms. The van der Waals surface area contributed by atoms with Gasteiger partial charge in [-0.1, -0.05) is 62.2 Å². The number of rotatable bonds is 2. The van der Waals surface area contributed by atoms with E-state index < -0.39 is 0 Å². The number of hydrogen-bond acceptors (Lipinski definition) is 2. The number of fused-ring (bicyclic) bond motifs is 6. The first-order chi connectivity index (χ1) is 14.7. The van der Waals surface area contributed by atoms with E-state index in [1.807, 2.05) is 0 Å². The van der Waals surface area contributed by atoms with Gasteiger partial charge in [-0.3, -0.25) is 4.57 Å². The molecule has 4 aromatic carbocycles. The smallest absolute Gasteiger partial charge is 0.146 e. The van der Waals surface area contributed by atoms with E-state index in [4.69, 9.17) is 4.98 Å². The molecule has 0 aliphatic carbocycles. The molecule has 0 aliphatic rings. The van der Waals surface area contributed by atoms with E-state index in [1.54, 1.807) is 11.3 Å². The fraction of sp³-hybridized carbons (Fsp3) is 0. The van der Waals surface area contributed by atoms with Crippen molar-refractivity contribution in [2.45, 2.75) is 0 Å². The highest BCUT2D eigenvalue weighted by molar-refractivity contribution is 9.10. The van der Waals surface area contributed by atoms with Crippen LogP contribution in [0.15, 0.2) is 92.5 Å². The maximum Gasteiger partial charge on any atom is 0.146 e. The Morgan fingerprint density at radius 2 is 1.43 bits per heavy atom. The quantitative estimate of drug-likeness (QED) is 0.204. The third-order valence-corrected chi connectivity index (χ3v) is 7.10. The van der Waals surface area contributed by atoms with Gasteiger partial charge in [-0.15, -0.1) is 0 Å². The Bertz CT molecular complexity index is 1550. The van der Waals surface area contributed by atoms with Gasteiger partial charge in [0.1, 0.15) is 5.82 Å². The number of para-hydroxylation sites is 1. The zero-order valence-corrected chi connectivity index (χ0v) is 19.6.